The van der Waals surface area contributed by atoms with Crippen molar-refractivity contribution in [2.45, 2.75) is 67.0 Å². The average molecular weight is 277 g/mol. The molecule has 0 fully saturated rings. The van der Waals surface area contributed by atoms with Crippen molar-refractivity contribution < 1.29 is 0 Å². The predicted octanol–water partition coefficient (Wildman–Crippen LogP) is 3.82. The number of pyridine rings is 1. The van der Waals surface area contributed by atoms with Crippen LogP contribution in [-0.4, -0.2) is 23.6 Å². The third-order valence-corrected chi connectivity index (χ3v) is 3.42. The molecule has 0 bridgehead atoms. The fraction of sp³-hybridized carbons (Fsp3) is 0.706. The van der Waals surface area contributed by atoms with Crippen LogP contribution in [0.5, 0.6) is 0 Å². The monoisotopic (exact) mass is 277 g/mol. The van der Waals surface area contributed by atoms with Gasteiger partial charge < -0.3 is 10.2 Å². The molecule has 114 valence electrons. The van der Waals surface area contributed by atoms with Gasteiger partial charge in [-0.25, -0.2) is 4.98 Å². The Morgan fingerprint density at radius 2 is 1.85 bits per heavy atom. The second-order valence-electron chi connectivity index (χ2n) is 6.57. The third kappa shape index (κ3) is 4.78. The highest BCUT2D eigenvalue weighted by Gasteiger charge is 2.16. The summed E-state index contributed by atoms with van der Waals surface area (Å²) in [6.07, 6.45) is 1.15. The van der Waals surface area contributed by atoms with Crippen LogP contribution in [0.15, 0.2) is 6.07 Å². The van der Waals surface area contributed by atoms with Crippen molar-refractivity contribution in [2.24, 2.45) is 0 Å². The van der Waals surface area contributed by atoms with Crippen LogP contribution < -0.4 is 10.2 Å². The summed E-state index contributed by atoms with van der Waals surface area (Å²) in [7, 11) is 0. The third-order valence-electron chi connectivity index (χ3n) is 3.42. The molecule has 20 heavy (non-hydrogen) atoms. The molecular formula is C17H31N3. The quantitative estimate of drug-likeness (QED) is 0.856. The molecule has 0 saturated heterocycles. The Kier molecular flexibility index (Phi) is 6.00. The first-order valence-corrected chi connectivity index (χ1v) is 7.75. The zero-order valence-corrected chi connectivity index (χ0v) is 14.3. The van der Waals surface area contributed by atoms with E-state index in [9.17, 15) is 0 Å². The van der Waals surface area contributed by atoms with E-state index in [-0.39, 0.29) is 5.54 Å². The van der Waals surface area contributed by atoms with Crippen molar-refractivity contribution in [1.29, 1.82) is 0 Å². The molecule has 0 saturated carbocycles. The summed E-state index contributed by atoms with van der Waals surface area (Å²) < 4.78 is 0. The highest BCUT2D eigenvalue weighted by Crippen LogP contribution is 2.23. The molecule has 0 aliphatic rings. The predicted molar refractivity (Wildman–Crippen MR) is 88.5 cm³/mol. The van der Waals surface area contributed by atoms with Crippen LogP contribution in [0, 0.1) is 13.8 Å². The van der Waals surface area contributed by atoms with E-state index in [1.807, 2.05) is 0 Å². The minimum absolute atomic E-state index is 0.121. The lowest BCUT2D eigenvalue weighted by Crippen LogP contribution is -2.36. The van der Waals surface area contributed by atoms with E-state index in [0.29, 0.717) is 0 Å². The van der Waals surface area contributed by atoms with Gasteiger partial charge in [0.25, 0.3) is 0 Å². The smallest absolute Gasteiger partial charge is 0.133 e. The Labute approximate surface area is 124 Å². The van der Waals surface area contributed by atoms with Crippen LogP contribution >= 0.6 is 0 Å². The maximum absolute atomic E-state index is 4.81. The Morgan fingerprint density at radius 3 is 2.35 bits per heavy atom. The summed E-state index contributed by atoms with van der Waals surface area (Å²) in [5.41, 5.74) is 3.89. The second kappa shape index (κ2) is 7.07. The maximum Gasteiger partial charge on any atom is 0.133 e. The number of aryl methyl sites for hydroxylation is 2. The van der Waals surface area contributed by atoms with E-state index in [2.05, 4.69) is 64.7 Å². The van der Waals surface area contributed by atoms with Gasteiger partial charge in [-0.15, -0.1) is 0 Å². The average Bonchev–Trinajstić information content (AvgIpc) is 2.32. The van der Waals surface area contributed by atoms with Gasteiger partial charge in [-0.05, 0) is 59.6 Å². The van der Waals surface area contributed by atoms with E-state index in [4.69, 9.17) is 4.98 Å². The molecule has 3 heteroatoms. The van der Waals surface area contributed by atoms with Gasteiger partial charge in [-0.1, -0.05) is 6.92 Å². The van der Waals surface area contributed by atoms with Crippen molar-refractivity contribution in [3.05, 3.63) is 22.9 Å². The largest absolute Gasteiger partial charge is 0.357 e. The Hall–Kier alpha value is -1.09. The summed E-state index contributed by atoms with van der Waals surface area (Å²) in [5, 5.41) is 3.59. The highest BCUT2D eigenvalue weighted by molar-refractivity contribution is 5.51. The standard InChI is InChI=1S/C17H31N3/c1-8-10-20(9-2)16-15(12-18-17(5,6)7)13(3)11-14(4)19-16/h11,18H,8-10,12H2,1-7H3. The van der Waals surface area contributed by atoms with Crippen LogP contribution in [0.4, 0.5) is 5.82 Å². The Bertz CT molecular complexity index is 433. The van der Waals surface area contributed by atoms with Crippen LogP contribution in [0.3, 0.4) is 0 Å². The number of nitrogens with one attached hydrogen (secondary N) is 1. The molecule has 1 N–H and O–H groups in total. The molecule has 0 aliphatic carbocycles. The normalized spacial score (nSPS) is 11.8. The van der Waals surface area contributed by atoms with E-state index < -0.39 is 0 Å². The van der Waals surface area contributed by atoms with Gasteiger partial charge in [0.15, 0.2) is 0 Å². The molecule has 1 aromatic rings. The summed E-state index contributed by atoms with van der Waals surface area (Å²) in [6.45, 7) is 18.2. The summed E-state index contributed by atoms with van der Waals surface area (Å²) >= 11 is 0. The van der Waals surface area contributed by atoms with Crippen LogP contribution in [0.2, 0.25) is 0 Å². The first-order chi connectivity index (χ1) is 9.28. The first-order valence-electron chi connectivity index (χ1n) is 7.75. The van der Waals surface area contributed by atoms with Gasteiger partial charge in [0.05, 0.1) is 0 Å². The molecular weight excluding hydrogens is 246 g/mol. The van der Waals surface area contributed by atoms with Gasteiger partial charge >= 0.3 is 0 Å². The maximum atomic E-state index is 4.81. The summed E-state index contributed by atoms with van der Waals surface area (Å²) in [5.74, 6) is 1.16. The molecule has 0 atom stereocenters. The van der Waals surface area contributed by atoms with Crippen molar-refractivity contribution in [3.8, 4) is 0 Å². The number of anilines is 1. The summed E-state index contributed by atoms with van der Waals surface area (Å²) in [6, 6.07) is 2.18. The lowest BCUT2D eigenvalue weighted by atomic mass is 10.0. The molecule has 0 amide bonds. The number of hydrogen-bond acceptors (Lipinski definition) is 3. The molecule has 1 heterocycles. The highest BCUT2D eigenvalue weighted by atomic mass is 15.2. The van der Waals surface area contributed by atoms with Gasteiger partial charge in [0.2, 0.25) is 0 Å². The van der Waals surface area contributed by atoms with Crippen molar-refractivity contribution in [1.82, 2.24) is 10.3 Å². The molecule has 0 unspecified atom stereocenters. The number of aromatic nitrogens is 1. The zero-order valence-electron chi connectivity index (χ0n) is 14.3. The first kappa shape index (κ1) is 17.0. The lowest BCUT2D eigenvalue weighted by molar-refractivity contribution is 0.423. The van der Waals surface area contributed by atoms with Crippen molar-refractivity contribution in [2.75, 3.05) is 18.0 Å². The molecule has 0 aromatic carbocycles. The van der Waals surface area contributed by atoms with Gasteiger partial charge in [0, 0.05) is 36.4 Å². The minimum Gasteiger partial charge on any atom is -0.357 e. The van der Waals surface area contributed by atoms with Crippen molar-refractivity contribution in [3.63, 3.8) is 0 Å². The van der Waals surface area contributed by atoms with E-state index in [0.717, 1.165) is 37.6 Å². The molecule has 1 aromatic heterocycles. The SMILES string of the molecule is CCCN(CC)c1nc(C)cc(C)c1CNC(C)(C)C. The van der Waals surface area contributed by atoms with Gasteiger partial charge in [-0.3, -0.25) is 0 Å². The van der Waals surface area contributed by atoms with E-state index in [1.54, 1.807) is 0 Å². The fourth-order valence-electron chi connectivity index (χ4n) is 2.36. The lowest BCUT2D eigenvalue weighted by Gasteiger charge is -2.28. The van der Waals surface area contributed by atoms with Crippen LogP contribution in [0.25, 0.3) is 0 Å². The molecule has 0 spiro atoms. The Morgan fingerprint density at radius 1 is 1.20 bits per heavy atom. The fourth-order valence-corrected chi connectivity index (χ4v) is 2.36. The Balaban J connectivity index is 3.12. The molecule has 1 rings (SSSR count). The summed E-state index contributed by atoms with van der Waals surface area (Å²) in [4.78, 5) is 7.20. The molecule has 0 radical (unpaired) electrons. The van der Waals surface area contributed by atoms with Crippen LogP contribution in [-0.2, 0) is 6.54 Å². The van der Waals surface area contributed by atoms with E-state index in [1.165, 1.54) is 11.1 Å². The molecule has 3 nitrogen and oxygen atoms in total. The number of nitrogens with zero attached hydrogens (tertiary/aromatic N) is 2. The zero-order chi connectivity index (χ0) is 15.3. The van der Waals surface area contributed by atoms with Crippen LogP contribution in [0.1, 0.15) is 57.9 Å². The number of hydrogen-bond donors (Lipinski definition) is 1. The number of rotatable bonds is 6. The minimum atomic E-state index is 0.121. The second-order valence-corrected chi connectivity index (χ2v) is 6.57. The van der Waals surface area contributed by atoms with Gasteiger partial charge in [-0.2, -0.15) is 0 Å². The molecule has 0 aliphatic heterocycles. The topological polar surface area (TPSA) is 28.2 Å². The van der Waals surface area contributed by atoms with E-state index >= 15 is 0 Å². The van der Waals surface area contributed by atoms with Crippen molar-refractivity contribution >= 4 is 5.82 Å². The van der Waals surface area contributed by atoms with Gasteiger partial charge in [0.1, 0.15) is 5.82 Å².